The first-order chi connectivity index (χ1) is 10.3. The molecule has 0 aliphatic heterocycles. The van der Waals surface area contributed by atoms with Crippen LogP contribution in [0.2, 0.25) is 0 Å². The molecule has 1 heterocycles. The Bertz CT molecular complexity index is 409. The van der Waals surface area contributed by atoms with Crippen LogP contribution in [-0.4, -0.2) is 38.8 Å². The molecule has 1 aromatic heterocycles. The van der Waals surface area contributed by atoms with E-state index in [0.29, 0.717) is 0 Å². The van der Waals surface area contributed by atoms with E-state index in [9.17, 15) is 0 Å². The molecular formula is C15H26IN3OS. The van der Waals surface area contributed by atoms with Gasteiger partial charge in [0.25, 0.3) is 0 Å². The van der Waals surface area contributed by atoms with E-state index in [-0.39, 0.29) is 0 Å². The zero-order valence-electron chi connectivity index (χ0n) is 13.0. The van der Waals surface area contributed by atoms with Gasteiger partial charge in [-0.15, -0.1) is 11.3 Å². The maximum atomic E-state index is 5.32. The van der Waals surface area contributed by atoms with Gasteiger partial charge < -0.3 is 15.4 Å². The van der Waals surface area contributed by atoms with Crippen LogP contribution in [0, 0.1) is 2.88 Å². The van der Waals surface area contributed by atoms with Gasteiger partial charge in [-0.1, -0.05) is 0 Å². The summed E-state index contributed by atoms with van der Waals surface area (Å²) in [5, 5.41) is 6.68. The summed E-state index contributed by atoms with van der Waals surface area (Å²) in [4.78, 5) is 6.00. The van der Waals surface area contributed by atoms with Crippen LogP contribution >= 0.6 is 33.9 Å². The third kappa shape index (κ3) is 9.31. The minimum Gasteiger partial charge on any atom is -0.382 e. The summed E-state index contributed by atoms with van der Waals surface area (Å²) in [6.45, 7) is 8.42. The lowest BCUT2D eigenvalue weighted by Gasteiger charge is -2.10. The van der Waals surface area contributed by atoms with Gasteiger partial charge in [-0.3, -0.25) is 4.99 Å². The minimum absolute atomic E-state index is 0.801. The maximum Gasteiger partial charge on any atom is 0.191 e. The number of guanidine groups is 1. The van der Waals surface area contributed by atoms with Crippen molar-refractivity contribution in [1.82, 2.24) is 10.6 Å². The van der Waals surface area contributed by atoms with Crippen molar-refractivity contribution in [1.29, 1.82) is 0 Å². The molecule has 0 aromatic carbocycles. The average Bonchev–Trinajstić information content (AvgIpc) is 2.88. The Kier molecular flexibility index (Phi) is 10.9. The molecule has 0 radical (unpaired) electrons. The first-order valence-corrected chi connectivity index (χ1v) is 9.50. The molecule has 0 atom stereocenters. The molecule has 0 unspecified atom stereocenters. The molecule has 2 N–H and O–H groups in total. The highest BCUT2D eigenvalue weighted by Gasteiger charge is 2.00. The Morgan fingerprint density at radius 3 is 2.81 bits per heavy atom. The van der Waals surface area contributed by atoms with Gasteiger partial charge in [0.15, 0.2) is 5.96 Å². The highest BCUT2D eigenvalue weighted by Crippen LogP contribution is 2.18. The summed E-state index contributed by atoms with van der Waals surface area (Å²) in [5.41, 5.74) is 0. The second kappa shape index (κ2) is 12.2. The molecule has 0 bridgehead atoms. The van der Waals surface area contributed by atoms with E-state index in [1.54, 1.807) is 0 Å². The van der Waals surface area contributed by atoms with Crippen LogP contribution in [0.5, 0.6) is 0 Å². The number of hydrogen-bond acceptors (Lipinski definition) is 3. The van der Waals surface area contributed by atoms with E-state index in [1.807, 2.05) is 18.3 Å². The molecule has 0 saturated carbocycles. The Morgan fingerprint density at radius 2 is 2.14 bits per heavy atom. The number of ether oxygens (including phenoxy) is 1. The van der Waals surface area contributed by atoms with Crippen LogP contribution in [0.3, 0.4) is 0 Å². The Labute approximate surface area is 145 Å². The zero-order valence-corrected chi connectivity index (χ0v) is 15.9. The molecule has 120 valence electrons. The first kappa shape index (κ1) is 18.7. The van der Waals surface area contributed by atoms with Crippen molar-refractivity contribution in [3.8, 4) is 0 Å². The van der Waals surface area contributed by atoms with Crippen LogP contribution < -0.4 is 10.6 Å². The average molecular weight is 423 g/mol. The van der Waals surface area contributed by atoms with E-state index >= 15 is 0 Å². The van der Waals surface area contributed by atoms with Gasteiger partial charge >= 0.3 is 0 Å². The summed E-state index contributed by atoms with van der Waals surface area (Å²) in [6.07, 6.45) is 3.19. The molecular weight excluding hydrogens is 397 g/mol. The van der Waals surface area contributed by atoms with Crippen molar-refractivity contribution in [3.05, 3.63) is 19.9 Å². The van der Waals surface area contributed by atoms with Crippen molar-refractivity contribution in [2.24, 2.45) is 4.99 Å². The minimum atomic E-state index is 0.801. The van der Waals surface area contributed by atoms with Gasteiger partial charge in [-0.25, -0.2) is 0 Å². The largest absolute Gasteiger partial charge is 0.382 e. The highest BCUT2D eigenvalue weighted by atomic mass is 127. The van der Waals surface area contributed by atoms with Gasteiger partial charge in [0.05, 0.1) is 2.88 Å². The van der Waals surface area contributed by atoms with Crippen LogP contribution in [-0.2, 0) is 11.2 Å². The lowest BCUT2D eigenvalue weighted by atomic mass is 10.3. The predicted molar refractivity (Wildman–Crippen MR) is 100 cm³/mol. The molecule has 0 aliphatic carbocycles. The molecule has 0 saturated heterocycles. The van der Waals surface area contributed by atoms with E-state index in [4.69, 9.17) is 4.74 Å². The molecule has 6 heteroatoms. The summed E-state index contributed by atoms with van der Waals surface area (Å²) in [7, 11) is 0. The molecule has 0 amide bonds. The maximum absolute atomic E-state index is 5.32. The van der Waals surface area contributed by atoms with Gasteiger partial charge in [-0.05, 0) is 67.8 Å². The standard InChI is InChI=1S/C15H26IN3OS/c1-3-17-15(18-10-5-6-12-20-4-2)19-11-9-13-7-8-14(16)21-13/h7-8H,3-6,9-12H2,1-2H3,(H2,17,18,19). The molecule has 4 nitrogen and oxygen atoms in total. The SMILES string of the molecule is CCNC(=NCCCCOCC)NCCc1ccc(I)s1. The number of hydrogen-bond donors (Lipinski definition) is 2. The first-order valence-electron chi connectivity index (χ1n) is 7.60. The number of thiophene rings is 1. The van der Waals surface area contributed by atoms with Crippen LogP contribution in [0.4, 0.5) is 0 Å². The number of unbranched alkanes of at least 4 members (excludes halogenated alkanes) is 1. The Balaban J connectivity index is 2.21. The van der Waals surface area contributed by atoms with Crippen LogP contribution in [0.25, 0.3) is 0 Å². The van der Waals surface area contributed by atoms with E-state index in [1.165, 1.54) is 7.76 Å². The van der Waals surface area contributed by atoms with Gasteiger partial charge in [0.2, 0.25) is 0 Å². The summed E-state index contributed by atoms with van der Waals surface area (Å²) < 4.78 is 6.67. The van der Waals surface area contributed by atoms with Gasteiger partial charge in [0.1, 0.15) is 0 Å². The Hall–Kier alpha value is -0.340. The third-order valence-corrected chi connectivity index (χ3v) is 4.76. The fourth-order valence-corrected chi connectivity index (χ4v) is 3.54. The third-order valence-electron chi connectivity index (χ3n) is 2.81. The molecule has 0 spiro atoms. The summed E-state index contributed by atoms with van der Waals surface area (Å²) >= 11 is 4.22. The van der Waals surface area contributed by atoms with Crippen molar-refractivity contribution >= 4 is 39.9 Å². The van der Waals surface area contributed by atoms with E-state index in [2.05, 4.69) is 57.3 Å². The quantitative estimate of drug-likeness (QED) is 0.263. The van der Waals surface area contributed by atoms with Gasteiger partial charge in [-0.2, -0.15) is 0 Å². The summed E-state index contributed by atoms with van der Waals surface area (Å²) in [5.74, 6) is 0.917. The fraction of sp³-hybridized carbons (Fsp3) is 0.667. The van der Waals surface area contributed by atoms with Crippen molar-refractivity contribution in [2.45, 2.75) is 33.1 Å². The van der Waals surface area contributed by atoms with Crippen molar-refractivity contribution < 1.29 is 4.74 Å². The molecule has 1 rings (SSSR count). The second-order valence-corrected chi connectivity index (χ2v) is 7.61. The molecule has 0 aliphatic rings. The molecule has 1 aromatic rings. The Morgan fingerprint density at radius 1 is 1.29 bits per heavy atom. The normalized spacial score (nSPS) is 11.7. The number of halogens is 1. The number of aliphatic imine (C=N–C) groups is 1. The van der Waals surface area contributed by atoms with Crippen LogP contribution in [0.1, 0.15) is 31.6 Å². The monoisotopic (exact) mass is 423 g/mol. The molecule has 0 fully saturated rings. The fourth-order valence-electron chi connectivity index (χ4n) is 1.78. The van der Waals surface area contributed by atoms with E-state index < -0.39 is 0 Å². The highest BCUT2D eigenvalue weighted by molar-refractivity contribution is 14.1. The predicted octanol–water partition coefficient (Wildman–Crippen LogP) is 3.27. The number of nitrogens with zero attached hydrogens (tertiary/aromatic N) is 1. The van der Waals surface area contributed by atoms with Gasteiger partial charge in [0, 0.05) is 37.7 Å². The topological polar surface area (TPSA) is 45.7 Å². The lowest BCUT2D eigenvalue weighted by Crippen LogP contribution is -2.38. The lowest BCUT2D eigenvalue weighted by molar-refractivity contribution is 0.144. The van der Waals surface area contributed by atoms with E-state index in [0.717, 1.165) is 58.1 Å². The van der Waals surface area contributed by atoms with Crippen molar-refractivity contribution in [2.75, 3.05) is 32.8 Å². The van der Waals surface area contributed by atoms with Crippen molar-refractivity contribution in [3.63, 3.8) is 0 Å². The smallest absolute Gasteiger partial charge is 0.191 e. The number of nitrogens with one attached hydrogen (secondary N) is 2. The number of rotatable bonds is 10. The van der Waals surface area contributed by atoms with Crippen LogP contribution in [0.15, 0.2) is 17.1 Å². The summed E-state index contributed by atoms with van der Waals surface area (Å²) in [6, 6.07) is 4.37. The zero-order chi connectivity index (χ0) is 15.3. The second-order valence-electron chi connectivity index (χ2n) is 4.55. The molecule has 21 heavy (non-hydrogen) atoms.